The first-order chi connectivity index (χ1) is 12.4. The maximum atomic E-state index is 14.3. The number of nitrogens with one attached hydrogen (secondary N) is 2. The Kier molecular flexibility index (Phi) is 3.96. The van der Waals surface area contributed by atoms with Gasteiger partial charge in [0.05, 0.1) is 5.69 Å². The maximum absolute atomic E-state index is 14.3. The van der Waals surface area contributed by atoms with Gasteiger partial charge in [-0.05, 0) is 49.3 Å². The zero-order chi connectivity index (χ0) is 18.4. The number of nitrogens with zero attached hydrogens (tertiary/aromatic N) is 1. The number of aromatic nitrogens is 2. The Hall–Kier alpha value is -2.45. The molecule has 138 valence electrons. The third-order valence-corrected chi connectivity index (χ3v) is 5.38. The van der Waals surface area contributed by atoms with Crippen molar-refractivity contribution in [3.05, 3.63) is 46.6 Å². The normalized spacial score (nSPS) is 20.5. The number of aromatic amines is 1. The zero-order valence-electron chi connectivity index (χ0n) is 14.1. The van der Waals surface area contributed by atoms with Crippen molar-refractivity contribution in [2.45, 2.75) is 31.3 Å². The van der Waals surface area contributed by atoms with Gasteiger partial charge in [-0.25, -0.2) is 4.39 Å². The molecule has 1 aliphatic carbocycles. The van der Waals surface area contributed by atoms with Gasteiger partial charge in [0.25, 0.3) is 11.5 Å². The average molecular weight is 361 g/mol. The van der Waals surface area contributed by atoms with Gasteiger partial charge in [-0.15, -0.1) is 0 Å². The van der Waals surface area contributed by atoms with Crippen molar-refractivity contribution in [2.24, 2.45) is 5.41 Å². The Morgan fingerprint density at radius 1 is 1.27 bits per heavy atom. The van der Waals surface area contributed by atoms with Crippen LogP contribution in [-0.4, -0.2) is 39.6 Å². The summed E-state index contributed by atoms with van der Waals surface area (Å²) in [4.78, 5) is 23.6. The molecule has 4 rings (SSSR count). The minimum atomic E-state index is -1.42. The summed E-state index contributed by atoms with van der Waals surface area (Å²) in [5.74, 6) is -1.12. The molecule has 1 amide bonds. The van der Waals surface area contributed by atoms with Crippen LogP contribution in [0.4, 0.5) is 10.1 Å². The largest absolute Gasteiger partial charge is 0.381 e. The second kappa shape index (κ2) is 6.07. The molecular weight excluding hydrogens is 341 g/mol. The van der Waals surface area contributed by atoms with Gasteiger partial charge in [-0.2, -0.15) is 0 Å². The smallest absolute Gasteiger partial charge is 0.264 e. The third kappa shape index (κ3) is 2.95. The topological polar surface area (TPSA) is 96.4 Å². The van der Waals surface area contributed by atoms with Gasteiger partial charge in [0.2, 0.25) is 0 Å². The Balaban J connectivity index is 1.45. The second-order valence-corrected chi connectivity index (χ2v) is 7.28. The van der Waals surface area contributed by atoms with Crippen LogP contribution in [0.5, 0.6) is 0 Å². The van der Waals surface area contributed by atoms with E-state index in [9.17, 15) is 19.1 Å². The fourth-order valence-corrected chi connectivity index (χ4v) is 4.01. The van der Waals surface area contributed by atoms with Gasteiger partial charge >= 0.3 is 0 Å². The Morgan fingerprint density at radius 3 is 2.62 bits per heavy atom. The molecule has 0 bridgehead atoms. The Bertz CT molecular complexity index is 890. The molecule has 1 saturated heterocycles. The number of amides is 1. The van der Waals surface area contributed by atoms with Crippen LogP contribution in [0, 0.1) is 11.2 Å². The van der Waals surface area contributed by atoms with Gasteiger partial charge in [-0.3, -0.25) is 19.4 Å². The molecule has 2 heterocycles. The maximum Gasteiger partial charge on any atom is 0.264 e. The lowest BCUT2D eigenvalue weighted by atomic mass is 9.55. The van der Waals surface area contributed by atoms with E-state index in [-0.39, 0.29) is 22.3 Å². The van der Waals surface area contributed by atoms with E-state index in [1.54, 1.807) is 0 Å². The van der Waals surface area contributed by atoms with Crippen LogP contribution >= 0.6 is 0 Å². The first kappa shape index (κ1) is 17.0. The van der Waals surface area contributed by atoms with Crippen LogP contribution in [0.25, 0.3) is 5.69 Å². The van der Waals surface area contributed by atoms with E-state index in [0.717, 1.165) is 18.9 Å². The van der Waals surface area contributed by atoms with Gasteiger partial charge in [0.1, 0.15) is 5.60 Å². The summed E-state index contributed by atoms with van der Waals surface area (Å²) in [5, 5.41) is 15.6. The van der Waals surface area contributed by atoms with Crippen molar-refractivity contribution in [1.82, 2.24) is 9.78 Å². The predicted octanol–water partition coefficient (Wildman–Crippen LogP) is 1.56. The van der Waals surface area contributed by atoms with E-state index in [1.807, 2.05) is 0 Å². The zero-order valence-corrected chi connectivity index (χ0v) is 14.1. The fraction of sp³-hybridized carbons (Fsp3) is 0.444. The van der Waals surface area contributed by atoms with E-state index in [4.69, 9.17) is 4.74 Å². The summed E-state index contributed by atoms with van der Waals surface area (Å²) < 4.78 is 20.9. The highest BCUT2D eigenvalue weighted by Gasteiger charge is 2.57. The van der Waals surface area contributed by atoms with Gasteiger partial charge in [-0.1, -0.05) is 0 Å². The second-order valence-electron chi connectivity index (χ2n) is 7.28. The van der Waals surface area contributed by atoms with Crippen LogP contribution in [-0.2, 0) is 9.53 Å². The van der Waals surface area contributed by atoms with Crippen molar-refractivity contribution in [3.8, 4) is 5.69 Å². The first-order valence-electron chi connectivity index (χ1n) is 8.58. The molecule has 8 heteroatoms. The van der Waals surface area contributed by atoms with Gasteiger partial charge in [0, 0.05) is 31.2 Å². The molecule has 2 fully saturated rings. The van der Waals surface area contributed by atoms with Crippen LogP contribution in [0.2, 0.25) is 0 Å². The van der Waals surface area contributed by atoms with E-state index in [2.05, 4.69) is 10.4 Å². The Labute approximate surface area is 148 Å². The number of ether oxygens (including phenoxy) is 1. The van der Waals surface area contributed by atoms with Crippen molar-refractivity contribution in [1.29, 1.82) is 0 Å². The van der Waals surface area contributed by atoms with Crippen LogP contribution in [0.3, 0.4) is 0 Å². The van der Waals surface area contributed by atoms with E-state index >= 15 is 0 Å². The van der Waals surface area contributed by atoms with Crippen molar-refractivity contribution in [2.75, 3.05) is 18.5 Å². The highest BCUT2D eigenvalue weighted by atomic mass is 19.1. The molecule has 3 N–H and O–H groups in total. The molecule has 26 heavy (non-hydrogen) atoms. The number of hydrogen-bond acceptors (Lipinski definition) is 4. The molecule has 1 aromatic heterocycles. The minimum absolute atomic E-state index is 0.0141. The molecule has 1 aromatic carbocycles. The average Bonchev–Trinajstić information content (AvgIpc) is 3.00. The summed E-state index contributed by atoms with van der Waals surface area (Å²) in [5.41, 5.74) is -1.35. The number of aliphatic hydroxyl groups is 1. The number of rotatable bonds is 3. The summed E-state index contributed by atoms with van der Waals surface area (Å²) in [6.45, 7) is 1.32. The van der Waals surface area contributed by atoms with Crippen LogP contribution in [0.15, 0.2) is 35.3 Å². The van der Waals surface area contributed by atoms with Crippen molar-refractivity contribution in [3.63, 3.8) is 0 Å². The highest BCUT2D eigenvalue weighted by Crippen LogP contribution is 2.54. The van der Waals surface area contributed by atoms with Gasteiger partial charge in [0.15, 0.2) is 5.82 Å². The molecule has 0 unspecified atom stereocenters. The van der Waals surface area contributed by atoms with Crippen molar-refractivity contribution >= 4 is 11.6 Å². The number of H-pyrrole nitrogens is 1. The molecule has 0 atom stereocenters. The molecule has 7 nitrogen and oxygen atoms in total. The predicted molar refractivity (Wildman–Crippen MR) is 91.6 cm³/mol. The minimum Gasteiger partial charge on any atom is -0.381 e. The summed E-state index contributed by atoms with van der Waals surface area (Å²) >= 11 is 0. The van der Waals surface area contributed by atoms with Crippen molar-refractivity contribution < 1.29 is 19.0 Å². The number of carbonyl (C=O) groups is 1. The summed E-state index contributed by atoms with van der Waals surface area (Å²) in [6.07, 6.45) is 3.92. The standard InChI is InChI=1S/C18H20FN3O4/c19-13-9-12(1-2-14(13)22-6-3-15(23)21-22)20-16(24)18(25)10-17(11-18)4-7-26-8-5-17/h1-3,6,9,25H,4-5,7-8,10-11H2,(H,20,24)(H,21,23). The summed E-state index contributed by atoms with van der Waals surface area (Å²) in [6, 6.07) is 5.43. The molecule has 2 aromatic rings. The van der Waals surface area contributed by atoms with Gasteiger partial charge < -0.3 is 15.2 Å². The molecule has 1 saturated carbocycles. The van der Waals surface area contributed by atoms with E-state index < -0.39 is 17.3 Å². The quantitative estimate of drug-likeness (QED) is 0.773. The lowest BCUT2D eigenvalue weighted by Gasteiger charge is -2.53. The molecule has 2 aliphatic rings. The van der Waals surface area contributed by atoms with E-state index in [0.29, 0.717) is 26.1 Å². The summed E-state index contributed by atoms with van der Waals surface area (Å²) in [7, 11) is 0. The third-order valence-electron chi connectivity index (χ3n) is 5.38. The number of hydrogen-bond donors (Lipinski definition) is 3. The molecule has 1 aliphatic heterocycles. The van der Waals surface area contributed by atoms with Crippen LogP contribution < -0.4 is 10.9 Å². The van der Waals surface area contributed by atoms with E-state index in [1.165, 1.54) is 29.1 Å². The highest BCUT2D eigenvalue weighted by molar-refractivity contribution is 5.98. The molecular formula is C18H20FN3O4. The molecule has 0 radical (unpaired) electrons. The Morgan fingerprint density at radius 2 is 2.00 bits per heavy atom. The number of halogens is 1. The lowest BCUT2D eigenvalue weighted by molar-refractivity contribution is -0.177. The monoisotopic (exact) mass is 361 g/mol. The number of carbonyl (C=O) groups excluding carboxylic acids is 1. The molecule has 1 spiro atoms. The van der Waals surface area contributed by atoms with Crippen LogP contribution in [0.1, 0.15) is 25.7 Å². The lowest BCUT2D eigenvalue weighted by Crippen LogP contribution is -2.60. The first-order valence-corrected chi connectivity index (χ1v) is 8.58. The fourth-order valence-electron chi connectivity index (χ4n) is 4.01. The number of anilines is 1. The number of benzene rings is 1. The SMILES string of the molecule is O=C(Nc1ccc(-n2ccc(=O)[nH]2)c(F)c1)C1(O)CC2(CCOCC2)C1.